The number of likely N-dealkylation sites (tertiary alicyclic amines) is 1. The van der Waals surface area contributed by atoms with Crippen LogP contribution in [0, 0.1) is 5.92 Å². The molecule has 29 heavy (non-hydrogen) atoms. The SMILES string of the molecule is CC(CCN1CCCCC1)CN(C=O)c1cc(-c2ccc3ncccc3c2)[nH]n1. The van der Waals surface area contributed by atoms with Crippen molar-refractivity contribution >= 4 is 23.1 Å². The number of pyridine rings is 1. The normalized spacial score (nSPS) is 16.0. The summed E-state index contributed by atoms with van der Waals surface area (Å²) in [6.07, 6.45) is 7.78. The van der Waals surface area contributed by atoms with Crippen molar-refractivity contribution in [2.75, 3.05) is 31.1 Å². The number of piperidine rings is 1. The summed E-state index contributed by atoms with van der Waals surface area (Å²) >= 11 is 0. The minimum Gasteiger partial charge on any atom is -0.303 e. The highest BCUT2D eigenvalue weighted by molar-refractivity contribution is 5.84. The molecule has 1 aliphatic rings. The maximum Gasteiger partial charge on any atom is 0.215 e. The minimum atomic E-state index is 0.425. The summed E-state index contributed by atoms with van der Waals surface area (Å²) in [5.41, 5.74) is 2.90. The van der Waals surface area contributed by atoms with Gasteiger partial charge in [-0.3, -0.25) is 19.8 Å². The zero-order valence-electron chi connectivity index (χ0n) is 17.1. The zero-order valence-corrected chi connectivity index (χ0v) is 17.1. The van der Waals surface area contributed by atoms with E-state index in [1.165, 1.54) is 32.4 Å². The summed E-state index contributed by atoms with van der Waals surface area (Å²) < 4.78 is 0. The Kier molecular flexibility index (Phi) is 6.20. The number of carbonyl (C=O) groups excluding carboxylic acids is 1. The third-order valence-electron chi connectivity index (χ3n) is 5.80. The van der Waals surface area contributed by atoms with Crippen LogP contribution in [0.1, 0.15) is 32.6 Å². The van der Waals surface area contributed by atoms with Gasteiger partial charge in [0.15, 0.2) is 5.82 Å². The van der Waals surface area contributed by atoms with Gasteiger partial charge in [-0.15, -0.1) is 0 Å². The molecule has 2 aromatic heterocycles. The molecule has 1 N–H and O–H groups in total. The van der Waals surface area contributed by atoms with Gasteiger partial charge in [0.2, 0.25) is 6.41 Å². The molecule has 0 radical (unpaired) electrons. The molecular formula is C23H29N5O. The number of rotatable bonds is 8. The third-order valence-corrected chi connectivity index (χ3v) is 5.80. The molecule has 1 amide bonds. The van der Waals surface area contributed by atoms with Gasteiger partial charge in [0.1, 0.15) is 0 Å². The van der Waals surface area contributed by atoms with Gasteiger partial charge in [-0.1, -0.05) is 25.5 Å². The molecule has 0 aliphatic carbocycles. The molecule has 4 rings (SSSR count). The van der Waals surface area contributed by atoms with Crippen LogP contribution in [-0.2, 0) is 4.79 Å². The lowest BCUT2D eigenvalue weighted by molar-refractivity contribution is -0.107. The Morgan fingerprint density at radius 1 is 1.21 bits per heavy atom. The first-order chi connectivity index (χ1) is 14.2. The fourth-order valence-corrected chi connectivity index (χ4v) is 4.05. The first kappa shape index (κ1) is 19.6. The number of benzene rings is 1. The predicted molar refractivity (Wildman–Crippen MR) is 117 cm³/mol. The number of nitrogens with zero attached hydrogens (tertiary/aromatic N) is 4. The van der Waals surface area contributed by atoms with Gasteiger partial charge in [-0.05, 0) is 63.0 Å². The van der Waals surface area contributed by atoms with Crippen LogP contribution in [0.4, 0.5) is 5.82 Å². The van der Waals surface area contributed by atoms with Crippen LogP contribution >= 0.6 is 0 Å². The van der Waals surface area contributed by atoms with Crippen molar-refractivity contribution in [2.45, 2.75) is 32.6 Å². The number of aromatic amines is 1. The summed E-state index contributed by atoms with van der Waals surface area (Å²) in [7, 11) is 0. The van der Waals surface area contributed by atoms with Crippen LogP contribution in [0.5, 0.6) is 0 Å². The van der Waals surface area contributed by atoms with E-state index in [1.54, 1.807) is 11.1 Å². The van der Waals surface area contributed by atoms with Crippen molar-refractivity contribution < 1.29 is 4.79 Å². The molecule has 3 heterocycles. The molecule has 1 saturated heterocycles. The molecule has 1 aromatic carbocycles. The molecule has 1 fully saturated rings. The first-order valence-corrected chi connectivity index (χ1v) is 10.6. The van der Waals surface area contributed by atoms with E-state index in [0.29, 0.717) is 18.3 Å². The van der Waals surface area contributed by atoms with Crippen LogP contribution in [0.3, 0.4) is 0 Å². The molecule has 6 heteroatoms. The van der Waals surface area contributed by atoms with Gasteiger partial charge in [0.05, 0.1) is 11.2 Å². The Morgan fingerprint density at radius 3 is 2.90 bits per heavy atom. The van der Waals surface area contributed by atoms with E-state index in [-0.39, 0.29) is 0 Å². The van der Waals surface area contributed by atoms with Crippen LogP contribution in [0.15, 0.2) is 42.6 Å². The number of aromatic nitrogens is 3. The van der Waals surface area contributed by atoms with Crippen molar-refractivity contribution in [1.29, 1.82) is 0 Å². The summed E-state index contributed by atoms with van der Waals surface area (Å²) in [5.74, 6) is 1.10. The Balaban J connectivity index is 1.40. The van der Waals surface area contributed by atoms with Gasteiger partial charge < -0.3 is 4.90 Å². The van der Waals surface area contributed by atoms with E-state index in [2.05, 4.69) is 33.1 Å². The number of H-pyrrole nitrogens is 1. The lowest BCUT2D eigenvalue weighted by Gasteiger charge is -2.28. The van der Waals surface area contributed by atoms with Crippen LogP contribution in [0.25, 0.3) is 22.2 Å². The van der Waals surface area contributed by atoms with Gasteiger partial charge in [-0.25, -0.2) is 0 Å². The molecule has 1 atom stereocenters. The van der Waals surface area contributed by atoms with Crippen LogP contribution in [-0.4, -0.2) is 52.7 Å². The Labute approximate surface area is 171 Å². The molecule has 0 bridgehead atoms. The second-order valence-electron chi connectivity index (χ2n) is 8.10. The van der Waals surface area contributed by atoms with E-state index < -0.39 is 0 Å². The number of hydrogen-bond acceptors (Lipinski definition) is 4. The number of fused-ring (bicyclic) bond motifs is 1. The molecule has 1 aliphatic heterocycles. The van der Waals surface area contributed by atoms with Crippen molar-refractivity contribution in [2.24, 2.45) is 5.92 Å². The van der Waals surface area contributed by atoms with Crippen molar-refractivity contribution in [3.05, 3.63) is 42.6 Å². The second kappa shape index (κ2) is 9.18. The summed E-state index contributed by atoms with van der Waals surface area (Å²) in [5, 5.41) is 8.55. The lowest BCUT2D eigenvalue weighted by Crippen LogP contribution is -2.33. The van der Waals surface area contributed by atoms with Crippen LogP contribution in [0.2, 0.25) is 0 Å². The molecule has 0 spiro atoms. The van der Waals surface area contributed by atoms with Crippen molar-refractivity contribution in [1.82, 2.24) is 20.1 Å². The average molecular weight is 392 g/mol. The van der Waals surface area contributed by atoms with Crippen molar-refractivity contribution in [3.8, 4) is 11.3 Å². The summed E-state index contributed by atoms with van der Waals surface area (Å²) in [6, 6.07) is 12.1. The monoisotopic (exact) mass is 391 g/mol. The molecule has 3 aromatic rings. The van der Waals surface area contributed by atoms with Gasteiger partial charge in [-0.2, -0.15) is 5.10 Å². The standard InChI is InChI=1S/C23H29N5O/c1-18(9-13-27-11-3-2-4-12-27)16-28(17-29)23-15-22(25-26-23)20-7-8-21-19(14-20)6-5-10-24-21/h5-8,10,14-15,17-18H,2-4,9,11-13,16H2,1H3,(H,25,26). The van der Waals surface area contributed by atoms with E-state index in [9.17, 15) is 4.79 Å². The number of hydrogen-bond donors (Lipinski definition) is 1. The summed E-state index contributed by atoms with van der Waals surface area (Å²) in [6.45, 7) is 6.45. The Bertz CT molecular complexity index is 947. The topological polar surface area (TPSA) is 65.1 Å². The fraction of sp³-hybridized carbons (Fsp3) is 0.435. The number of anilines is 1. The smallest absolute Gasteiger partial charge is 0.215 e. The van der Waals surface area contributed by atoms with Gasteiger partial charge >= 0.3 is 0 Å². The molecule has 152 valence electrons. The highest BCUT2D eigenvalue weighted by atomic mass is 16.1. The fourth-order valence-electron chi connectivity index (χ4n) is 4.05. The van der Waals surface area contributed by atoms with Crippen LogP contribution < -0.4 is 4.90 Å². The molecule has 6 nitrogen and oxygen atoms in total. The lowest BCUT2D eigenvalue weighted by atomic mass is 10.1. The minimum absolute atomic E-state index is 0.425. The molecule has 1 unspecified atom stereocenters. The maximum absolute atomic E-state index is 11.7. The molecular weight excluding hydrogens is 362 g/mol. The van der Waals surface area contributed by atoms with E-state index in [0.717, 1.165) is 41.5 Å². The highest BCUT2D eigenvalue weighted by Gasteiger charge is 2.16. The maximum atomic E-state index is 11.7. The van der Waals surface area contributed by atoms with Crippen molar-refractivity contribution in [3.63, 3.8) is 0 Å². The van der Waals surface area contributed by atoms with E-state index >= 15 is 0 Å². The molecule has 0 saturated carbocycles. The Hall–Kier alpha value is -2.73. The first-order valence-electron chi connectivity index (χ1n) is 10.6. The number of amides is 1. The average Bonchev–Trinajstić information content (AvgIpc) is 3.26. The Morgan fingerprint density at radius 2 is 2.07 bits per heavy atom. The summed E-state index contributed by atoms with van der Waals surface area (Å²) in [4.78, 5) is 20.3. The predicted octanol–water partition coefficient (Wildman–Crippen LogP) is 4.10. The van der Waals surface area contributed by atoms with Gasteiger partial charge in [0.25, 0.3) is 0 Å². The third kappa shape index (κ3) is 4.82. The largest absolute Gasteiger partial charge is 0.303 e. The quantitative estimate of drug-likeness (QED) is 0.587. The van der Waals surface area contributed by atoms with E-state index in [1.807, 2.05) is 30.3 Å². The zero-order chi connectivity index (χ0) is 20.1. The second-order valence-corrected chi connectivity index (χ2v) is 8.10. The van der Waals surface area contributed by atoms with E-state index in [4.69, 9.17) is 0 Å². The number of carbonyl (C=O) groups is 1. The highest BCUT2D eigenvalue weighted by Crippen LogP contribution is 2.25. The number of nitrogens with one attached hydrogen (secondary N) is 1. The van der Waals surface area contributed by atoms with Gasteiger partial charge in [0, 0.05) is 29.8 Å².